The Labute approximate surface area is 98.2 Å². The smallest absolute Gasteiger partial charge is 0.194 e. The zero-order valence-corrected chi connectivity index (χ0v) is 10.3. The third-order valence-electron chi connectivity index (χ3n) is 3.19. The summed E-state index contributed by atoms with van der Waals surface area (Å²) in [5.41, 5.74) is 1.34. The standard InChI is InChI=1S/C14H19NO/c1-4-9-14(2,3)15-10-11-16-13-8-6-5-7-12(13)15/h5,7H,4,9-11H2,1-3H3. The molecule has 0 saturated heterocycles. The maximum absolute atomic E-state index is 5.60. The molecule has 0 fully saturated rings. The van der Waals surface area contributed by atoms with Crippen LogP contribution in [0.25, 0.3) is 0 Å². The molecule has 0 amide bonds. The lowest BCUT2D eigenvalue weighted by Crippen LogP contribution is -2.48. The average Bonchev–Trinajstić information content (AvgIpc) is 2.28. The van der Waals surface area contributed by atoms with E-state index in [0.29, 0.717) is 0 Å². The molecule has 86 valence electrons. The summed E-state index contributed by atoms with van der Waals surface area (Å²) in [6.07, 6.45) is 2.38. The molecule has 2 rings (SSSR count). The summed E-state index contributed by atoms with van der Waals surface area (Å²) in [7, 11) is 0. The van der Waals surface area contributed by atoms with E-state index in [2.05, 4.69) is 43.9 Å². The minimum Gasteiger partial charge on any atom is -0.482 e. The second-order valence-electron chi connectivity index (χ2n) is 4.88. The summed E-state index contributed by atoms with van der Waals surface area (Å²) in [5, 5.41) is 0. The number of ether oxygens (including phenoxy) is 1. The maximum atomic E-state index is 5.60. The molecule has 0 aromatic heterocycles. The third kappa shape index (κ3) is 1.95. The molecule has 0 saturated carbocycles. The van der Waals surface area contributed by atoms with Gasteiger partial charge < -0.3 is 9.64 Å². The molecule has 0 N–H and O–H groups in total. The van der Waals surface area contributed by atoms with Gasteiger partial charge in [0.1, 0.15) is 6.61 Å². The fraction of sp³-hybridized carbons (Fsp3) is 0.571. The second-order valence-corrected chi connectivity index (χ2v) is 4.88. The normalized spacial score (nSPS) is 15.1. The number of hydrogen-bond donors (Lipinski definition) is 0. The van der Waals surface area contributed by atoms with Crippen molar-refractivity contribution in [2.75, 3.05) is 18.1 Å². The van der Waals surface area contributed by atoms with E-state index >= 15 is 0 Å². The van der Waals surface area contributed by atoms with E-state index in [1.165, 1.54) is 12.8 Å². The van der Waals surface area contributed by atoms with E-state index in [1.807, 2.05) is 6.07 Å². The summed E-state index contributed by atoms with van der Waals surface area (Å²) in [6, 6.07) is 9.97. The van der Waals surface area contributed by atoms with E-state index in [-0.39, 0.29) is 5.54 Å². The molecule has 16 heavy (non-hydrogen) atoms. The van der Waals surface area contributed by atoms with Gasteiger partial charge >= 0.3 is 0 Å². The first-order chi connectivity index (χ1) is 7.65. The van der Waals surface area contributed by atoms with Crippen molar-refractivity contribution in [2.24, 2.45) is 0 Å². The molecule has 1 aliphatic heterocycles. The van der Waals surface area contributed by atoms with Crippen LogP contribution in [-0.4, -0.2) is 18.7 Å². The summed E-state index contributed by atoms with van der Waals surface area (Å²) in [5.74, 6) is 0.845. The average molecular weight is 217 g/mol. The molecule has 0 atom stereocenters. The van der Waals surface area contributed by atoms with E-state index in [4.69, 9.17) is 4.74 Å². The molecule has 1 heterocycles. The summed E-state index contributed by atoms with van der Waals surface area (Å²) >= 11 is 0. The lowest BCUT2D eigenvalue weighted by Gasteiger charge is -2.42. The Morgan fingerprint density at radius 1 is 1.50 bits per heavy atom. The SMILES string of the molecule is CCCC(C)(C)N1CCOc2c#cccc21. The number of fused-ring (bicyclic) bond motifs is 1. The van der Waals surface area contributed by atoms with Crippen molar-refractivity contribution >= 4 is 5.69 Å². The molecule has 1 aromatic rings. The molecule has 0 aliphatic carbocycles. The minimum absolute atomic E-state index is 0.183. The van der Waals surface area contributed by atoms with Crippen LogP contribution in [0, 0.1) is 12.1 Å². The number of rotatable bonds is 3. The predicted octanol–water partition coefficient (Wildman–Crippen LogP) is 3.06. The van der Waals surface area contributed by atoms with Gasteiger partial charge in [0.25, 0.3) is 0 Å². The van der Waals surface area contributed by atoms with Crippen LogP contribution in [-0.2, 0) is 0 Å². The van der Waals surface area contributed by atoms with Gasteiger partial charge in [0.05, 0.1) is 12.2 Å². The maximum Gasteiger partial charge on any atom is 0.194 e. The fourth-order valence-corrected chi connectivity index (χ4v) is 2.43. The highest BCUT2D eigenvalue weighted by Crippen LogP contribution is 2.35. The Hall–Kier alpha value is -1.36. The van der Waals surface area contributed by atoms with Crippen molar-refractivity contribution in [2.45, 2.75) is 39.2 Å². The number of anilines is 1. The van der Waals surface area contributed by atoms with Gasteiger partial charge in [-0.25, -0.2) is 0 Å². The molecule has 1 aliphatic rings. The predicted molar refractivity (Wildman–Crippen MR) is 65.9 cm³/mol. The van der Waals surface area contributed by atoms with Crippen molar-refractivity contribution < 1.29 is 4.74 Å². The van der Waals surface area contributed by atoms with Crippen LogP contribution in [0.15, 0.2) is 12.1 Å². The fourth-order valence-electron chi connectivity index (χ4n) is 2.43. The van der Waals surface area contributed by atoms with E-state index in [9.17, 15) is 0 Å². The van der Waals surface area contributed by atoms with Gasteiger partial charge in [0.2, 0.25) is 0 Å². The van der Waals surface area contributed by atoms with Crippen LogP contribution in [0.4, 0.5) is 5.69 Å². The zero-order chi connectivity index (χ0) is 11.6. The Bertz CT molecular complexity index is 360. The monoisotopic (exact) mass is 217 g/mol. The minimum atomic E-state index is 0.183. The van der Waals surface area contributed by atoms with E-state index < -0.39 is 0 Å². The van der Waals surface area contributed by atoms with Gasteiger partial charge in [0.15, 0.2) is 5.75 Å². The molecule has 0 spiro atoms. The highest BCUT2D eigenvalue weighted by atomic mass is 16.5. The first-order valence-electron chi connectivity index (χ1n) is 5.98. The molecule has 0 unspecified atom stereocenters. The molecule has 2 nitrogen and oxygen atoms in total. The van der Waals surface area contributed by atoms with Crippen LogP contribution in [0.5, 0.6) is 5.75 Å². The zero-order valence-electron chi connectivity index (χ0n) is 10.3. The van der Waals surface area contributed by atoms with Crippen LogP contribution >= 0.6 is 0 Å². The van der Waals surface area contributed by atoms with Crippen LogP contribution in [0.3, 0.4) is 0 Å². The van der Waals surface area contributed by atoms with Gasteiger partial charge in [-0.3, -0.25) is 0 Å². The summed E-state index contributed by atoms with van der Waals surface area (Å²) < 4.78 is 5.60. The van der Waals surface area contributed by atoms with E-state index in [1.54, 1.807) is 0 Å². The van der Waals surface area contributed by atoms with Gasteiger partial charge in [-0.05, 0) is 38.5 Å². The van der Waals surface area contributed by atoms with Gasteiger partial charge in [-0.15, -0.1) is 0 Å². The highest BCUT2D eigenvalue weighted by molar-refractivity contribution is 5.59. The Kier molecular flexibility index (Phi) is 2.96. The topological polar surface area (TPSA) is 12.5 Å². The van der Waals surface area contributed by atoms with Crippen LogP contribution in [0.2, 0.25) is 0 Å². The third-order valence-corrected chi connectivity index (χ3v) is 3.19. The Morgan fingerprint density at radius 3 is 3.06 bits per heavy atom. The largest absolute Gasteiger partial charge is 0.482 e. The highest BCUT2D eigenvalue weighted by Gasteiger charge is 2.30. The van der Waals surface area contributed by atoms with Crippen LogP contribution < -0.4 is 9.64 Å². The first kappa shape index (κ1) is 11.1. The van der Waals surface area contributed by atoms with Gasteiger partial charge in [0, 0.05) is 5.54 Å². The quantitative estimate of drug-likeness (QED) is 0.771. The molecule has 0 radical (unpaired) electrons. The molecule has 0 bridgehead atoms. The van der Waals surface area contributed by atoms with Crippen molar-refractivity contribution in [3.63, 3.8) is 0 Å². The molecule has 2 heteroatoms. The number of nitrogens with zero attached hydrogens (tertiary/aromatic N) is 1. The van der Waals surface area contributed by atoms with Gasteiger partial charge in [-0.2, -0.15) is 0 Å². The summed E-state index contributed by atoms with van der Waals surface area (Å²) in [6.45, 7) is 8.52. The van der Waals surface area contributed by atoms with E-state index in [0.717, 1.165) is 24.6 Å². The lowest BCUT2D eigenvalue weighted by atomic mass is 9.95. The Balaban J connectivity index is 2.31. The summed E-state index contributed by atoms with van der Waals surface area (Å²) in [4.78, 5) is 2.43. The van der Waals surface area contributed by atoms with Crippen molar-refractivity contribution in [3.05, 3.63) is 24.3 Å². The van der Waals surface area contributed by atoms with Crippen molar-refractivity contribution in [1.82, 2.24) is 0 Å². The lowest BCUT2D eigenvalue weighted by molar-refractivity contribution is 0.280. The first-order valence-corrected chi connectivity index (χ1v) is 5.98. The molecular formula is C14H19NO. The van der Waals surface area contributed by atoms with Crippen LogP contribution in [0.1, 0.15) is 33.6 Å². The number of hydrogen-bond acceptors (Lipinski definition) is 2. The van der Waals surface area contributed by atoms with Gasteiger partial charge in [-0.1, -0.05) is 19.4 Å². The molecular weight excluding hydrogens is 198 g/mol. The Morgan fingerprint density at radius 2 is 2.31 bits per heavy atom. The second kappa shape index (κ2) is 4.25. The van der Waals surface area contributed by atoms with Crippen molar-refractivity contribution in [3.8, 4) is 5.75 Å². The van der Waals surface area contributed by atoms with Crippen molar-refractivity contribution in [1.29, 1.82) is 0 Å². The molecule has 1 aromatic carbocycles.